The third-order valence-electron chi connectivity index (χ3n) is 4.04. The van der Waals surface area contributed by atoms with E-state index in [-0.39, 0.29) is 18.3 Å². The molecule has 0 spiro atoms. The second-order valence-electron chi connectivity index (χ2n) is 5.56. The number of thioether (sulfide) groups is 1. The Morgan fingerprint density at radius 2 is 2.09 bits per heavy atom. The summed E-state index contributed by atoms with van der Waals surface area (Å²) in [5, 5.41) is 2.66. The lowest BCUT2D eigenvalue weighted by molar-refractivity contribution is -0.134. The molecule has 2 atom stereocenters. The van der Waals surface area contributed by atoms with Crippen LogP contribution in [0, 0.1) is 5.92 Å². The number of Topliss-reactive ketones (excluding diaryl/α,β-unsaturated/α-hetero) is 1. The van der Waals surface area contributed by atoms with E-state index in [0.29, 0.717) is 24.6 Å². The van der Waals surface area contributed by atoms with Crippen molar-refractivity contribution < 1.29 is 19.1 Å². The van der Waals surface area contributed by atoms with E-state index >= 15 is 0 Å². The molecule has 6 nitrogen and oxygen atoms in total. The summed E-state index contributed by atoms with van der Waals surface area (Å²) in [6, 6.07) is 8.82. The van der Waals surface area contributed by atoms with Crippen molar-refractivity contribution in [2.45, 2.75) is 19.1 Å². The molecule has 122 valence electrons. The van der Waals surface area contributed by atoms with E-state index in [0.717, 1.165) is 5.56 Å². The van der Waals surface area contributed by atoms with Crippen LogP contribution >= 0.6 is 11.8 Å². The van der Waals surface area contributed by atoms with Gasteiger partial charge >= 0.3 is 6.09 Å². The number of nitrogens with zero attached hydrogens (tertiary/aromatic N) is 1. The molecule has 7 heteroatoms. The molecule has 0 aliphatic carbocycles. The summed E-state index contributed by atoms with van der Waals surface area (Å²) in [5.74, 6) is -0.115. The maximum atomic E-state index is 12.5. The van der Waals surface area contributed by atoms with E-state index in [1.54, 1.807) is 0 Å². The van der Waals surface area contributed by atoms with Gasteiger partial charge in [-0.05, 0) is 12.0 Å². The lowest BCUT2D eigenvalue weighted by atomic mass is 9.97. The van der Waals surface area contributed by atoms with Gasteiger partial charge in [0, 0.05) is 12.3 Å². The van der Waals surface area contributed by atoms with E-state index in [1.165, 1.54) is 16.7 Å². The number of nitrogens with one attached hydrogen (secondary N) is 1. The van der Waals surface area contributed by atoms with E-state index in [9.17, 15) is 14.4 Å². The fourth-order valence-electron chi connectivity index (χ4n) is 2.76. The van der Waals surface area contributed by atoms with Crippen LogP contribution < -0.4 is 5.32 Å². The molecule has 1 aromatic rings. The second kappa shape index (κ2) is 7.04. The van der Waals surface area contributed by atoms with Crippen LogP contribution in [-0.4, -0.2) is 46.9 Å². The van der Waals surface area contributed by atoms with Crippen molar-refractivity contribution in [1.82, 2.24) is 10.2 Å². The number of rotatable bonds is 4. The zero-order valence-electron chi connectivity index (χ0n) is 12.6. The molecule has 2 saturated heterocycles. The minimum absolute atomic E-state index is 0.172. The molecule has 1 N–H and O–H groups in total. The number of benzene rings is 1. The molecule has 0 radical (unpaired) electrons. The van der Waals surface area contributed by atoms with Gasteiger partial charge in [0.25, 0.3) is 0 Å². The van der Waals surface area contributed by atoms with Crippen molar-refractivity contribution in [2.75, 3.05) is 18.2 Å². The Bertz CT molecular complexity index is 607. The van der Waals surface area contributed by atoms with Gasteiger partial charge in [-0.15, -0.1) is 11.8 Å². The lowest BCUT2D eigenvalue weighted by Crippen LogP contribution is -2.45. The molecule has 1 unspecified atom stereocenters. The van der Waals surface area contributed by atoms with Crippen LogP contribution in [0.2, 0.25) is 0 Å². The minimum Gasteiger partial charge on any atom is -0.445 e. The van der Waals surface area contributed by atoms with Crippen LogP contribution in [0.1, 0.15) is 12.0 Å². The Hall–Kier alpha value is -2.02. The number of amides is 2. The number of carbonyl (C=O) groups is 3. The SMILES string of the molecule is O=C1NCCC1C(=O)[C@@H]1CSCN1C(=O)OCc1ccccc1. The van der Waals surface area contributed by atoms with Crippen LogP contribution in [-0.2, 0) is 20.9 Å². The fourth-order valence-corrected chi connectivity index (χ4v) is 3.91. The molecule has 2 heterocycles. The Kier molecular flexibility index (Phi) is 4.85. The Morgan fingerprint density at radius 3 is 2.78 bits per heavy atom. The van der Waals surface area contributed by atoms with Crippen LogP contribution in [0.15, 0.2) is 30.3 Å². The third kappa shape index (κ3) is 3.50. The molecule has 2 fully saturated rings. The second-order valence-corrected chi connectivity index (χ2v) is 6.56. The molecular weight excluding hydrogens is 316 g/mol. The summed E-state index contributed by atoms with van der Waals surface area (Å²) in [5.41, 5.74) is 0.894. The van der Waals surface area contributed by atoms with Gasteiger partial charge in [-0.3, -0.25) is 14.5 Å². The van der Waals surface area contributed by atoms with Crippen molar-refractivity contribution in [2.24, 2.45) is 5.92 Å². The molecule has 3 rings (SSSR count). The van der Waals surface area contributed by atoms with Gasteiger partial charge in [-0.2, -0.15) is 0 Å². The molecule has 0 aromatic heterocycles. The highest BCUT2D eigenvalue weighted by molar-refractivity contribution is 7.99. The third-order valence-corrected chi connectivity index (χ3v) is 5.05. The summed E-state index contributed by atoms with van der Waals surface area (Å²) in [7, 11) is 0. The first-order valence-electron chi connectivity index (χ1n) is 7.53. The van der Waals surface area contributed by atoms with Crippen LogP contribution in [0.5, 0.6) is 0 Å². The van der Waals surface area contributed by atoms with Crippen molar-refractivity contribution in [1.29, 1.82) is 0 Å². The summed E-state index contributed by atoms with van der Waals surface area (Å²) >= 11 is 1.50. The van der Waals surface area contributed by atoms with Gasteiger partial charge < -0.3 is 10.1 Å². The number of ketones is 1. The smallest absolute Gasteiger partial charge is 0.411 e. The predicted molar refractivity (Wildman–Crippen MR) is 85.7 cm³/mol. The quantitative estimate of drug-likeness (QED) is 0.843. The molecule has 23 heavy (non-hydrogen) atoms. The number of ether oxygens (including phenoxy) is 1. The average Bonchev–Trinajstić information content (AvgIpc) is 3.22. The van der Waals surface area contributed by atoms with E-state index in [2.05, 4.69) is 5.32 Å². The molecule has 2 aliphatic heterocycles. The Balaban J connectivity index is 1.60. The van der Waals surface area contributed by atoms with Crippen molar-refractivity contribution in [3.8, 4) is 0 Å². The van der Waals surface area contributed by atoms with Crippen LogP contribution in [0.25, 0.3) is 0 Å². The monoisotopic (exact) mass is 334 g/mol. The van der Waals surface area contributed by atoms with E-state index in [4.69, 9.17) is 4.74 Å². The highest BCUT2D eigenvalue weighted by atomic mass is 32.2. The highest BCUT2D eigenvalue weighted by Gasteiger charge is 2.42. The molecule has 2 amide bonds. The normalized spacial score (nSPS) is 23.7. The van der Waals surface area contributed by atoms with Crippen LogP contribution in [0.3, 0.4) is 0 Å². The average molecular weight is 334 g/mol. The zero-order valence-corrected chi connectivity index (χ0v) is 13.4. The summed E-state index contributed by atoms with van der Waals surface area (Å²) in [4.78, 5) is 37.9. The first-order valence-corrected chi connectivity index (χ1v) is 8.69. The van der Waals surface area contributed by atoms with Gasteiger partial charge in [0.2, 0.25) is 5.91 Å². The minimum atomic E-state index is -0.636. The molecule has 1 aromatic carbocycles. The molecule has 0 saturated carbocycles. The van der Waals surface area contributed by atoms with Crippen molar-refractivity contribution in [3.05, 3.63) is 35.9 Å². The van der Waals surface area contributed by atoms with Gasteiger partial charge in [-0.25, -0.2) is 4.79 Å². The van der Waals surface area contributed by atoms with Gasteiger partial charge in [0.1, 0.15) is 18.6 Å². The Morgan fingerprint density at radius 1 is 1.30 bits per heavy atom. The number of carbonyl (C=O) groups excluding carboxylic acids is 3. The summed E-state index contributed by atoms with van der Waals surface area (Å²) in [6.07, 6.45) is 0.00162. The van der Waals surface area contributed by atoms with Crippen molar-refractivity contribution >= 4 is 29.5 Å². The fraction of sp³-hybridized carbons (Fsp3) is 0.438. The molecule has 2 aliphatic rings. The predicted octanol–water partition coefficient (Wildman–Crippen LogP) is 1.40. The van der Waals surface area contributed by atoms with Gasteiger partial charge in [0.05, 0.1) is 5.88 Å². The first kappa shape index (κ1) is 15.9. The Labute approximate surface area is 138 Å². The topological polar surface area (TPSA) is 75.7 Å². The number of hydrogen-bond acceptors (Lipinski definition) is 5. The maximum absolute atomic E-state index is 12.5. The van der Waals surface area contributed by atoms with E-state index in [1.807, 2.05) is 30.3 Å². The van der Waals surface area contributed by atoms with Crippen molar-refractivity contribution in [3.63, 3.8) is 0 Å². The summed E-state index contributed by atoms with van der Waals surface area (Å²) < 4.78 is 5.30. The molecular formula is C16H18N2O4S. The van der Waals surface area contributed by atoms with Crippen LogP contribution in [0.4, 0.5) is 4.79 Å². The summed E-state index contributed by atoms with van der Waals surface area (Å²) in [6.45, 7) is 0.694. The zero-order chi connectivity index (χ0) is 16.2. The van der Waals surface area contributed by atoms with Gasteiger partial charge in [0.15, 0.2) is 5.78 Å². The molecule has 0 bridgehead atoms. The lowest BCUT2D eigenvalue weighted by Gasteiger charge is -2.23. The largest absolute Gasteiger partial charge is 0.445 e. The highest BCUT2D eigenvalue weighted by Crippen LogP contribution is 2.26. The van der Waals surface area contributed by atoms with Gasteiger partial charge in [-0.1, -0.05) is 30.3 Å². The maximum Gasteiger partial charge on any atom is 0.411 e. The standard InChI is InChI=1S/C16H18N2O4S/c19-14(12-6-7-17-15(12)20)13-9-23-10-18(13)16(21)22-8-11-4-2-1-3-5-11/h1-5,12-13H,6-10H2,(H,17,20)/t12?,13-/m0/s1. The number of hydrogen-bond donors (Lipinski definition) is 1. The van der Waals surface area contributed by atoms with E-state index < -0.39 is 18.1 Å². The first-order chi connectivity index (χ1) is 11.2.